The maximum Gasteiger partial charge on any atom is 0.272 e. The van der Waals surface area contributed by atoms with E-state index in [1.807, 2.05) is 11.0 Å². The van der Waals surface area contributed by atoms with Crippen molar-refractivity contribution in [3.63, 3.8) is 0 Å². The number of likely N-dealkylation sites (tertiary alicyclic amines) is 1. The zero-order chi connectivity index (χ0) is 20.8. The molecule has 0 unspecified atom stereocenters. The van der Waals surface area contributed by atoms with Gasteiger partial charge in [0.15, 0.2) is 5.65 Å². The maximum absolute atomic E-state index is 13.0. The van der Waals surface area contributed by atoms with Crippen molar-refractivity contribution < 1.29 is 9.53 Å². The van der Waals surface area contributed by atoms with Crippen LogP contribution in [-0.2, 0) is 16.8 Å². The van der Waals surface area contributed by atoms with E-state index in [1.165, 1.54) is 10.4 Å². The van der Waals surface area contributed by atoms with Crippen LogP contribution in [-0.4, -0.2) is 55.7 Å². The van der Waals surface area contributed by atoms with Crippen molar-refractivity contribution in [2.45, 2.75) is 24.9 Å². The van der Waals surface area contributed by atoms with E-state index in [1.54, 1.807) is 42.2 Å². The lowest BCUT2D eigenvalue weighted by atomic mass is 9.82. The van der Waals surface area contributed by atoms with Gasteiger partial charge in [0.25, 0.3) is 5.91 Å². The molecule has 9 heteroatoms. The first-order valence-corrected chi connectivity index (χ1v) is 11.2. The average Bonchev–Trinajstić information content (AvgIpc) is 3.47. The molecule has 8 nitrogen and oxygen atoms in total. The molecule has 4 aromatic rings. The number of aromatic amines is 1. The third-order valence-corrected chi connectivity index (χ3v) is 7.42. The molecule has 2 aliphatic heterocycles. The second-order valence-corrected chi connectivity index (χ2v) is 9.06. The lowest BCUT2D eigenvalue weighted by Gasteiger charge is -2.44. The number of nitrogens with one attached hydrogen (secondary N) is 1. The van der Waals surface area contributed by atoms with Gasteiger partial charge in [0.05, 0.1) is 35.2 Å². The van der Waals surface area contributed by atoms with Crippen molar-refractivity contribution in [3.8, 4) is 10.6 Å². The molecule has 6 rings (SSSR count). The topological polar surface area (TPSA) is 96.9 Å². The van der Waals surface area contributed by atoms with Gasteiger partial charge in [-0.05, 0) is 36.6 Å². The molecule has 1 fully saturated rings. The van der Waals surface area contributed by atoms with Crippen molar-refractivity contribution in [2.75, 3.05) is 19.7 Å². The SMILES string of the molecule is O=C(c1ccc2cn[nH]c2n1)N1CCC2(CC1)OCCc1sc(-c3cnccn3)cc12. The summed E-state index contributed by atoms with van der Waals surface area (Å²) in [6, 6.07) is 5.86. The lowest BCUT2D eigenvalue weighted by molar-refractivity contribution is -0.0926. The smallest absolute Gasteiger partial charge is 0.272 e. The van der Waals surface area contributed by atoms with Gasteiger partial charge < -0.3 is 9.64 Å². The van der Waals surface area contributed by atoms with E-state index in [9.17, 15) is 4.79 Å². The van der Waals surface area contributed by atoms with Gasteiger partial charge in [-0.2, -0.15) is 5.10 Å². The number of carbonyl (C=O) groups is 1. The van der Waals surface area contributed by atoms with Gasteiger partial charge >= 0.3 is 0 Å². The van der Waals surface area contributed by atoms with Crippen molar-refractivity contribution in [1.82, 2.24) is 30.0 Å². The molecule has 0 aliphatic carbocycles. The predicted octanol–water partition coefficient (Wildman–Crippen LogP) is 3.18. The van der Waals surface area contributed by atoms with Crippen molar-refractivity contribution >= 4 is 28.3 Å². The highest BCUT2D eigenvalue weighted by Crippen LogP contribution is 2.46. The van der Waals surface area contributed by atoms with Crippen LogP contribution < -0.4 is 0 Å². The number of fused-ring (bicyclic) bond motifs is 3. The third-order valence-electron chi connectivity index (χ3n) is 6.20. The standard InChI is InChI=1S/C22H20N6O2S/c29-21(16-2-1-14-12-25-27-20(14)26-16)28-8-4-22(5-9-28)15-11-19(17-13-23-6-7-24-17)31-18(15)3-10-30-22/h1-2,6-7,11-13H,3-5,8-10H2,(H,25,26,27). The molecule has 1 amide bonds. The van der Waals surface area contributed by atoms with Crippen molar-refractivity contribution in [1.29, 1.82) is 0 Å². The lowest BCUT2D eigenvalue weighted by Crippen LogP contribution is -2.48. The number of aromatic nitrogens is 5. The van der Waals surface area contributed by atoms with Gasteiger partial charge in [-0.3, -0.25) is 19.9 Å². The monoisotopic (exact) mass is 432 g/mol. The maximum atomic E-state index is 13.0. The van der Waals surface area contributed by atoms with E-state index >= 15 is 0 Å². The fourth-order valence-corrected chi connectivity index (χ4v) is 5.75. The van der Waals surface area contributed by atoms with E-state index in [0.29, 0.717) is 31.0 Å². The minimum atomic E-state index is -0.331. The molecule has 1 N–H and O–H groups in total. The molecule has 1 saturated heterocycles. The Morgan fingerprint density at radius 1 is 1.19 bits per heavy atom. The summed E-state index contributed by atoms with van der Waals surface area (Å²) in [6.45, 7) is 1.98. The normalized spacial score (nSPS) is 17.7. The minimum absolute atomic E-state index is 0.0482. The first kappa shape index (κ1) is 18.6. The quantitative estimate of drug-likeness (QED) is 0.523. The zero-order valence-electron chi connectivity index (χ0n) is 16.7. The second kappa shape index (κ2) is 7.21. The summed E-state index contributed by atoms with van der Waals surface area (Å²) in [4.78, 5) is 30.5. The summed E-state index contributed by atoms with van der Waals surface area (Å²) >= 11 is 1.78. The first-order chi connectivity index (χ1) is 15.2. The van der Waals surface area contributed by atoms with Crippen LogP contribution in [0.1, 0.15) is 33.8 Å². The predicted molar refractivity (Wildman–Crippen MR) is 116 cm³/mol. The largest absolute Gasteiger partial charge is 0.370 e. The number of rotatable bonds is 2. The molecule has 0 saturated carbocycles. The van der Waals surface area contributed by atoms with E-state index in [0.717, 1.165) is 35.2 Å². The molecule has 6 heterocycles. The number of nitrogens with zero attached hydrogens (tertiary/aromatic N) is 5. The summed E-state index contributed by atoms with van der Waals surface area (Å²) in [6.07, 6.45) is 9.37. The Balaban J connectivity index is 1.24. The molecule has 0 radical (unpaired) electrons. The highest BCUT2D eigenvalue weighted by Gasteiger charge is 2.43. The Hall–Kier alpha value is -3.17. The van der Waals surface area contributed by atoms with E-state index < -0.39 is 0 Å². The highest BCUT2D eigenvalue weighted by molar-refractivity contribution is 7.15. The Bertz CT molecular complexity index is 1260. The number of hydrogen-bond donors (Lipinski definition) is 1. The molecule has 2 aliphatic rings. The Morgan fingerprint density at radius 2 is 2.10 bits per heavy atom. The van der Waals surface area contributed by atoms with Gasteiger partial charge in [0.2, 0.25) is 0 Å². The summed E-state index contributed by atoms with van der Waals surface area (Å²) in [5.74, 6) is -0.0482. The van der Waals surface area contributed by atoms with Crippen LogP contribution in [0.3, 0.4) is 0 Å². The number of H-pyrrole nitrogens is 1. The highest BCUT2D eigenvalue weighted by atomic mass is 32.1. The number of pyridine rings is 1. The van der Waals surface area contributed by atoms with E-state index in [4.69, 9.17) is 4.74 Å². The van der Waals surface area contributed by atoms with Crippen LogP contribution >= 0.6 is 11.3 Å². The third kappa shape index (κ3) is 3.12. The molecule has 156 valence electrons. The number of thiophene rings is 1. The Morgan fingerprint density at radius 3 is 2.94 bits per heavy atom. The van der Waals surface area contributed by atoms with Gasteiger partial charge in [-0.25, -0.2) is 4.98 Å². The zero-order valence-corrected chi connectivity index (χ0v) is 17.6. The number of amides is 1. The summed E-state index contributed by atoms with van der Waals surface area (Å²) in [5.41, 5.74) is 2.90. The first-order valence-electron chi connectivity index (χ1n) is 10.3. The van der Waals surface area contributed by atoms with Crippen LogP contribution in [0.5, 0.6) is 0 Å². The summed E-state index contributed by atoms with van der Waals surface area (Å²) in [7, 11) is 0. The molecule has 0 aromatic carbocycles. The Labute approximate surface area is 182 Å². The van der Waals surface area contributed by atoms with Gasteiger partial charge in [-0.1, -0.05) is 0 Å². The van der Waals surface area contributed by atoms with E-state index in [2.05, 4.69) is 31.2 Å². The fraction of sp³-hybridized carbons (Fsp3) is 0.318. The van der Waals surface area contributed by atoms with Crippen LogP contribution in [0, 0.1) is 0 Å². The average molecular weight is 433 g/mol. The summed E-state index contributed by atoms with van der Waals surface area (Å²) in [5, 5.41) is 7.71. The molecular formula is C22H20N6O2S. The van der Waals surface area contributed by atoms with Gasteiger partial charge in [0.1, 0.15) is 5.69 Å². The molecular weight excluding hydrogens is 412 g/mol. The van der Waals surface area contributed by atoms with Crippen LogP contribution in [0.2, 0.25) is 0 Å². The van der Waals surface area contributed by atoms with Crippen LogP contribution in [0.25, 0.3) is 21.6 Å². The van der Waals surface area contributed by atoms with Crippen molar-refractivity contribution in [2.24, 2.45) is 0 Å². The van der Waals surface area contributed by atoms with Gasteiger partial charge in [0, 0.05) is 42.2 Å². The van der Waals surface area contributed by atoms with Crippen LogP contribution in [0.15, 0.2) is 43.0 Å². The number of ether oxygens (including phenoxy) is 1. The minimum Gasteiger partial charge on any atom is -0.370 e. The van der Waals surface area contributed by atoms with Crippen molar-refractivity contribution in [3.05, 3.63) is 59.1 Å². The number of piperidine rings is 1. The fourth-order valence-electron chi connectivity index (χ4n) is 4.56. The second-order valence-electron chi connectivity index (χ2n) is 7.93. The number of hydrogen-bond acceptors (Lipinski definition) is 7. The summed E-state index contributed by atoms with van der Waals surface area (Å²) < 4.78 is 6.37. The molecule has 31 heavy (non-hydrogen) atoms. The molecule has 1 spiro atoms. The Kier molecular flexibility index (Phi) is 4.32. The molecule has 4 aromatic heterocycles. The van der Waals surface area contributed by atoms with Crippen LogP contribution in [0.4, 0.5) is 0 Å². The van der Waals surface area contributed by atoms with Gasteiger partial charge in [-0.15, -0.1) is 11.3 Å². The van der Waals surface area contributed by atoms with E-state index in [-0.39, 0.29) is 11.5 Å². The number of carbonyl (C=O) groups excluding carboxylic acids is 1. The molecule has 0 atom stereocenters. The molecule has 0 bridgehead atoms.